The molecule has 5 aromatic rings. The molecule has 0 saturated heterocycles. The lowest BCUT2D eigenvalue weighted by Crippen LogP contribution is -2.59. The van der Waals surface area contributed by atoms with Crippen molar-refractivity contribution in [2.24, 2.45) is 60.3 Å². The molecule has 9 atom stereocenters. The van der Waals surface area contributed by atoms with Gasteiger partial charge in [0, 0.05) is 64.8 Å². The number of benzene rings is 3. The Morgan fingerprint density at radius 1 is 0.639 bits per heavy atom. The number of hydrogen-bond acceptors (Lipinski definition) is 17. The molecule has 6 N–H and O–H groups in total. The summed E-state index contributed by atoms with van der Waals surface area (Å²) in [4.78, 5) is 71.5. The second-order valence-corrected chi connectivity index (χ2v) is 31.4. The SMILES string of the molecule is COC1CCC2(CC1)Cc1ccc(-c3ccc(C#N)s3)cc1C21N=C(N)N(C(C)CC2CC(OC)CCC23Cc2ccc(-c4cc(C#N)cs4)cc2C32N=C(N)N(C(C)CC3c4ccc(OCC5CCC5)cc4C4(N=C(N)N(CC(F)(F)F)C4=O)C34CCC(OC)CC4)C2=O)C1=O. The van der Waals surface area contributed by atoms with Gasteiger partial charge in [-0.15, -0.1) is 22.7 Å². The first-order valence-electron chi connectivity index (χ1n) is 34.3. The second kappa shape index (κ2) is 23.8. The molecule has 3 aliphatic heterocycles. The van der Waals surface area contributed by atoms with Crippen LogP contribution in [0.5, 0.6) is 5.75 Å². The first kappa shape index (κ1) is 65.3. The highest BCUT2D eigenvalue weighted by molar-refractivity contribution is 7.16. The fourth-order valence-electron chi connectivity index (χ4n) is 20.2. The van der Waals surface area contributed by atoms with Crippen molar-refractivity contribution in [2.45, 2.75) is 189 Å². The van der Waals surface area contributed by atoms with Crippen LogP contribution < -0.4 is 21.9 Å². The van der Waals surface area contributed by atoms with E-state index < -0.39 is 75.5 Å². The first-order valence-corrected chi connectivity index (χ1v) is 36.0. The van der Waals surface area contributed by atoms with Crippen LogP contribution in [0.25, 0.3) is 20.9 Å². The van der Waals surface area contributed by atoms with Crippen LogP contribution in [-0.4, -0.2) is 121 Å². The molecule has 3 amide bonds. The molecule has 6 spiro atoms. The molecule has 23 heteroatoms. The highest BCUT2D eigenvalue weighted by Gasteiger charge is 2.74. The number of fused-ring (bicyclic) bond motifs is 9. The van der Waals surface area contributed by atoms with Crippen molar-refractivity contribution in [3.8, 4) is 38.8 Å². The van der Waals surface area contributed by atoms with E-state index in [1.54, 1.807) is 37.2 Å². The maximum atomic E-state index is 17.2. The maximum absolute atomic E-state index is 17.2. The Morgan fingerprint density at radius 3 is 1.85 bits per heavy atom. The predicted molar refractivity (Wildman–Crippen MR) is 362 cm³/mol. The third kappa shape index (κ3) is 9.64. The van der Waals surface area contributed by atoms with Crippen molar-refractivity contribution in [2.75, 3.05) is 34.5 Å². The average Bonchev–Trinajstić information content (AvgIpc) is 1.52. The molecule has 4 fully saturated rings. The van der Waals surface area contributed by atoms with Gasteiger partial charge in [-0.05, 0) is 228 Å². The Balaban J connectivity index is 0.821. The number of amides is 3. The van der Waals surface area contributed by atoms with Gasteiger partial charge in [-0.25, -0.2) is 15.0 Å². The van der Waals surface area contributed by atoms with Crippen LogP contribution in [0.15, 0.2) is 93.2 Å². The quantitative estimate of drug-likeness (QED) is 0.0884. The number of methoxy groups -OCH3 is 3. The normalized spacial score (nSPS) is 32.5. The standard InChI is InChI=1S/C74H82F3N11O7S2/c1-41(87-63(90)72(84-66(87)81)56-30-45(60-16-14-54(37-79)97-60)9-11-47(56)34-68(72)22-17-50(92-3)18-23-68)27-49-32-52(94-5)21-26-70(49)35-48-12-10-46(61-29-44(36-78)39-96-61)31-57(48)73(70)64(91)88(67(82)85-73)42(2)28-58-55-15-13-53(95-38-43-7-6-8-43)33-59(55)74(69(58)24-19-51(93-4)20-25-69)62(89)86(65(80)83-74)40-71(75,76)77/h9-16,29-31,33,39,41-43,49-52,58H,6-8,17-28,32,34-35,38,40H2,1-5H3,(H2,80,83)(H2,81,84)(H2,82,85). The molecule has 97 heavy (non-hydrogen) atoms. The smallest absolute Gasteiger partial charge is 0.406 e. The minimum absolute atomic E-state index is 0.00579. The predicted octanol–water partition coefficient (Wildman–Crippen LogP) is 11.8. The molecule has 508 valence electrons. The third-order valence-electron chi connectivity index (χ3n) is 25.0. The summed E-state index contributed by atoms with van der Waals surface area (Å²) in [5.41, 5.74) is 20.6. The molecule has 2 aromatic heterocycles. The molecule has 0 radical (unpaired) electrons. The van der Waals surface area contributed by atoms with Crippen molar-refractivity contribution >= 4 is 58.3 Å². The minimum Gasteiger partial charge on any atom is -0.493 e. The van der Waals surface area contributed by atoms with E-state index in [4.69, 9.17) is 51.1 Å². The molecular weight excluding hydrogens is 1280 g/mol. The molecular formula is C74H82F3N11O7S2. The van der Waals surface area contributed by atoms with Gasteiger partial charge in [0.2, 0.25) is 0 Å². The number of carbonyl (C=O) groups is 3. The molecule has 4 saturated carbocycles. The Morgan fingerprint density at radius 2 is 1.23 bits per heavy atom. The second-order valence-electron chi connectivity index (χ2n) is 29.5. The van der Waals surface area contributed by atoms with Crippen molar-refractivity contribution < 1.29 is 46.5 Å². The summed E-state index contributed by atoms with van der Waals surface area (Å²) in [6, 6.07) is 26.9. The van der Waals surface area contributed by atoms with Crippen LogP contribution in [0.2, 0.25) is 0 Å². The lowest BCUT2D eigenvalue weighted by Gasteiger charge is -2.52. The van der Waals surface area contributed by atoms with Gasteiger partial charge >= 0.3 is 6.18 Å². The number of carbonyl (C=O) groups excluding carboxylic acids is 3. The van der Waals surface area contributed by atoms with Crippen LogP contribution in [0.3, 0.4) is 0 Å². The monoisotopic (exact) mass is 1360 g/mol. The zero-order valence-corrected chi connectivity index (χ0v) is 57.0. The lowest BCUT2D eigenvalue weighted by molar-refractivity contribution is -0.159. The van der Waals surface area contributed by atoms with E-state index in [1.807, 2.05) is 61.7 Å². The fourth-order valence-corrected chi connectivity index (χ4v) is 21.8. The molecule has 7 aliphatic carbocycles. The van der Waals surface area contributed by atoms with Crippen LogP contribution >= 0.6 is 22.7 Å². The largest absolute Gasteiger partial charge is 0.493 e. The van der Waals surface area contributed by atoms with Gasteiger partial charge in [-0.3, -0.25) is 29.1 Å². The fraction of sp³-hybridized carbons (Fsp3) is 0.541. The summed E-state index contributed by atoms with van der Waals surface area (Å²) in [6.07, 6.45) is 5.68. The number of guanidine groups is 3. The number of rotatable bonds is 15. The summed E-state index contributed by atoms with van der Waals surface area (Å²) in [7, 11) is 5.08. The van der Waals surface area contributed by atoms with Gasteiger partial charge < -0.3 is 36.1 Å². The van der Waals surface area contributed by atoms with E-state index in [2.05, 4.69) is 36.4 Å². The molecule has 18 nitrogen and oxygen atoms in total. The van der Waals surface area contributed by atoms with Crippen LogP contribution in [0.4, 0.5) is 13.2 Å². The van der Waals surface area contributed by atoms with E-state index in [9.17, 15) is 23.7 Å². The third-order valence-corrected chi connectivity index (χ3v) is 27.0. The van der Waals surface area contributed by atoms with Crippen LogP contribution in [0.1, 0.15) is 166 Å². The van der Waals surface area contributed by atoms with Crippen molar-refractivity contribution in [1.29, 1.82) is 10.5 Å². The Kier molecular flexibility index (Phi) is 16.0. The summed E-state index contributed by atoms with van der Waals surface area (Å²) in [5.74, 6) is -1.84. The summed E-state index contributed by atoms with van der Waals surface area (Å²) >= 11 is 2.83. The number of aliphatic imine (C=N–C) groups is 3. The highest BCUT2D eigenvalue weighted by Crippen LogP contribution is 2.71. The van der Waals surface area contributed by atoms with Gasteiger partial charge in [-0.2, -0.15) is 23.7 Å². The van der Waals surface area contributed by atoms with E-state index in [-0.39, 0.29) is 54.4 Å². The Hall–Kier alpha value is -7.67. The van der Waals surface area contributed by atoms with E-state index in [0.29, 0.717) is 127 Å². The van der Waals surface area contributed by atoms with E-state index >= 15 is 14.4 Å². The number of ether oxygens (including phenoxy) is 4. The topological polar surface area (TPSA) is 261 Å². The molecule has 10 aliphatic rings. The first-order chi connectivity index (χ1) is 46.5. The number of nitrogens with two attached hydrogens (primary N) is 3. The molecule has 15 rings (SSSR count). The van der Waals surface area contributed by atoms with Crippen LogP contribution in [-0.2, 0) is 58.1 Å². The van der Waals surface area contributed by atoms with Crippen molar-refractivity contribution in [3.05, 3.63) is 122 Å². The van der Waals surface area contributed by atoms with E-state index in [0.717, 1.165) is 69.7 Å². The molecule has 3 aromatic carbocycles. The zero-order valence-electron chi connectivity index (χ0n) is 55.4. The van der Waals surface area contributed by atoms with Gasteiger partial charge in [0.25, 0.3) is 17.7 Å². The van der Waals surface area contributed by atoms with Crippen LogP contribution in [0, 0.1) is 50.7 Å². The van der Waals surface area contributed by atoms with Gasteiger partial charge in [-0.1, -0.05) is 36.8 Å². The zero-order chi connectivity index (χ0) is 67.9. The number of hydrogen-bond donors (Lipinski definition) is 3. The molecule has 5 heterocycles. The summed E-state index contributed by atoms with van der Waals surface area (Å²) < 4.78 is 68.5. The van der Waals surface area contributed by atoms with Crippen molar-refractivity contribution in [1.82, 2.24) is 14.7 Å². The van der Waals surface area contributed by atoms with Gasteiger partial charge in [0.1, 0.15) is 29.3 Å². The van der Waals surface area contributed by atoms with Gasteiger partial charge in [0.15, 0.2) is 34.5 Å². The van der Waals surface area contributed by atoms with Crippen molar-refractivity contribution in [3.63, 3.8) is 0 Å². The minimum atomic E-state index is -4.79. The highest BCUT2D eigenvalue weighted by atomic mass is 32.1. The summed E-state index contributed by atoms with van der Waals surface area (Å²) in [6.45, 7) is 2.80. The lowest BCUT2D eigenvalue weighted by atomic mass is 9.54. The molecule has 0 bridgehead atoms. The number of alkyl halides is 3. The summed E-state index contributed by atoms with van der Waals surface area (Å²) in [5, 5.41) is 21.7. The number of nitrogens with zero attached hydrogens (tertiary/aromatic N) is 8. The van der Waals surface area contributed by atoms with E-state index in [1.165, 1.54) is 22.7 Å². The number of halogens is 3. The maximum Gasteiger partial charge on any atom is 0.406 e. The van der Waals surface area contributed by atoms with Gasteiger partial charge in [0.05, 0.1) is 30.5 Å². The Bertz CT molecular complexity index is 4230. The average molecular weight is 1360 g/mol. The Labute approximate surface area is 571 Å². The number of thiophene rings is 2. The number of nitriles is 2. The molecule has 9 unspecified atom stereocenters.